The fourth-order valence-electron chi connectivity index (χ4n) is 1.61. The molecule has 0 aliphatic carbocycles. The Balaban J connectivity index is 2.50. The van der Waals surface area contributed by atoms with Crippen LogP contribution in [0.2, 0.25) is 0 Å². The lowest BCUT2D eigenvalue weighted by molar-refractivity contribution is -0.120. The van der Waals surface area contributed by atoms with Crippen LogP contribution >= 0.6 is 0 Å². The van der Waals surface area contributed by atoms with E-state index in [-0.39, 0.29) is 5.91 Å². The molecule has 0 radical (unpaired) electrons. The third-order valence-corrected chi connectivity index (χ3v) is 2.54. The molecule has 0 fully saturated rings. The number of benzene rings is 1. The molecule has 0 bridgehead atoms. The van der Waals surface area contributed by atoms with Crippen molar-refractivity contribution in [2.75, 3.05) is 20.2 Å². The fourth-order valence-corrected chi connectivity index (χ4v) is 1.61. The molecule has 0 aliphatic rings. The van der Waals surface area contributed by atoms with E-state index in [4.69, 9.17) is 4.74 Å². The first-order chi connectivity index (χ1) is 8.77. The molecule has 4 nitrogen and oxygen atoms in total. The Bertz CT molecular complexity index is 367. The molecule has 4 heteroatoms. The minimum Gasteiger partial charge on any atom is -0.377 e. The van der Waals surface area contributed by atoms with Gasteiger partial charge in [0.25, 0.3) is 0 Å². The van der Waals surface area contributed by atoms with E-state index in [0.29, 0.717) is 19.7 Å². The van der Waals surface area contributed by atoms with Crippen LogP contribution < -0.4 is 10.6 Å². The van der Waals surface area contributed by atoms with Gasteiger partial charge in [-0.2, -0.15) is 0 Å². The van der Waals surface area contributed by atoms with Crippen molar-refractivity contribution in [3.63, 3.8) is 0 Å². The average Bonchev–Trinajstić information content (AvgIpc) is 2.38. The van der Waals surface area contributed by atoms with Crippen LogP contribution in [-0.4, -0.2) is 26.1 Å². The smallest absolute Gasteiger partial charge is 0.234 e. The normalized spacial score (nSPS) is 10.3. The monoisotopic (exact) mass is 250 g/mol. The lowest BCUT2D eigenvalue weighted by atomic mass is 10.1. The second-order valence-electron chi connectivity index (χ2n) is 4.13. The van der Waals surface area contributed by atoms with Gasteiger partial charge in [-0.3, -0.25) is 4.79 Å². The van der Waals surface area contributed by atoms with E-state index in [1.165, 1.54) is 0 Å². The highest BCUT2D eigenvalue weighted by Crippen LogP contribution is 2.10. The summed E-state index contributed by atoms with van der Waals surface area (Å²) in [6.45, 7) is 4.34. The van der Waals surface area contributed by atoms with Gasteiger partial charge >= 0.3 is 0 Å². The first kappa shape index (κ1) is 14.7. The molecule has 2 N–H and O–H groups in total. The summed E-state index contributed by atoms with van der Waals surface area (Å²) in [5, 5.41) is 5.70. The Morgan fingerprint density at radius 2 is 2.00 bits per heavy atom. The number of likely N-dealkylation sites (N-methyl/N-ethyl adjacent to an activating group) is 1. The van der Waals surface area contributed by atoms with Gasteiger partial charge in [0.1, 0.15) is 0 Å². The summed E-state index contributed by atoms with van der Waals surface area (Å²) < 4.78 is 5.54. The largest absolute Gasteiger partial charge is 0.377 e. The number of nitrogens with one attached hydrogen (secondary N) is 2. The van der Waals surface area contributed by atoms with Crippen molar-refractivity contribution in [1.82, 2.24) is 10.6 Å². The molecule has 1 amide bonds. The molecule has 0 heterocycles. The molecule has 1 aromatic rings. The van der Waals surface area contributed by atoms with Crippen LogP contribution in [-0.2, 0) is 22.7 Å². The third-order valence-electron chi connectivity index (χ3n) is 2.54. The van der Waals surface area contributed by atoms with Crippen molar-refractivity contribution in [1.29, 1.82) is 0 Å². The molecule has 1 aromatic carbocycles. The predicted octanol–water partition coefficient (Wildman–Crippen LogP) is 1.45. The molecular weight excluding hydrogens is 228 g/mol. The Kier molecular flexibility index (Phi) is 7.06. The van der Waals surface area contributed by atoms with Gasteiger partial charge < -0.3 is 15.4 Å². The summed E-state index contributed by atoms with van der Waals surface area (Å²) >= 11 is 0. The standard InChI is InChI=1S/C14H22N2O2/c1-3-8-18-11-13-7-5-4-6-12(13)9-16-14(17)10-15-2/h4-7,15H,3,8-11H2,1-2H3,(H,16,17). The van der Waals surface area contributed by atoms with Crippen LogP contribution in [0.15, 0.2) is 24.3 Å². The van der Waals surface area contributed by atoms with Crippen molar-refractivity contribution in [3.05, 3.63) is 35.4 Å². The molecule has 0 unspecified atom stereocenters. The van der Waals surface area contributed by atoms with E-state index in [2.05, 4.69) is 17.6 Å². The third kappa shape index (κ3) is 5.29. The fraction of sp³-hybridized carbons (Fsp3) is 0.500. The summed E-state index contributed by atoms with van der Waals surface area (Å²) in [4.78, 5) is 11.4. The van der Waals surface area contributed by atoms with Crippen LogP contribution in [0, 0.1) is 0 Å². The van der Waals surface area contributed by atoms with Crippen LogP contribution in [0.25, 0.3) is 0 Å². The maximum Gasteiger partial charge on any atom is 0.234 e. The molecule has 0 saturated carbocycles. The zero-order valence-electron chi connectivity index (χ0n) is 11.2. The van der Waals surface area contributed by atoms with E-state index in [0.717, 1.165) is 24.2 Å². The average molecular weight is 250 g/mol. The van der Waals surface area contributed by atoms with Gasteiger partial charge in [0.2, 0.25) is 5.91 Å². The first-order valence-electron chi connectivity index (χ1n) is 6.33. The SMILES string of the molecule is CCCOCc1ccccc1CNC(=O)CNC. The molecular formula is C14H22N2O2. The zero-order valence-corrected chi connectivity index (χ0v) is 11.2. The summed E-state index contributed by atoms with van der Waals surface area (Å²) in [7, 11) is 1.76. The van der Waals surface area contributed by atoms with Crippen molar-refractivity contribution in [2.24, 2.45) is 0 Å². The van der Waals surface area contributed by atoms with Crippen LogP contribution in [0.1, 0.15) is 24.5 Å². The number of amides is 1. The first-order valence-corrected chi connectivity index (χ1v) is 6.33. The van der Waals surface area contributed by atoms with Crippen molar-refractivity contribution >= 4 is 5.91 Å². The lowest BCUT2D eigenvalue weighted by Gasteiger charge is -2.11. The van der Waals surface area contributed by atoms with Gasteiger partial charge in [0, 0.05) is 13.2 Å². The van der Waals surface area contributed by atoms with Crippen LogP contribution in [0.5, 0.6) is 0 Å². The highest BCUT2D eigenvalue weighted by molar-refractivity contribution is 5.77. The lowest BCUT2D eigenvalue weighted by Crippen LogP contribution is -2.31. The van der Waals surface area contributed by atoms with Gasteiger partial charge in [-0.15, -0.1) is 0 Å². The van der Waals surface area contributed by atoms with Crippen LogP contribution in [0.4, 0.5) is 0 Å². The quantitative estimate of drug-likeness (QED) is 0.687. The van der Waals surface area contributed by atoms with E-state index >= 15 is 0 Å². The topological polar surface area (TPSA) is 50.4 Å². The van der Waals surface area contributed by atoms with Crippen molar-refractivity contribution in [3.8, 4) is 0 Å². The maximum absolute atomic E-state index is 11.4. The molecule has 0 saturated heterocycles. The van der Waals surface area contributed by atoms with Gasteiger partial charge in [0.05, 0.1) is 13.2 Å². The Labute approximate surface area is 109 Å². The minimum absolute atomic E-state index is 0.00165. The second kappa shape index (κ2) is 8.66. The van der Waals surface area contributed by atoms with Crippen molar-refractivity contribution < 1.29 is 9.53 Å². The number of ether oxygens (including phenoxy) is 1. The predicted molar refractivity (Wildman–Crippen MR) is 72.2 cm³/mol. The molecule has 0 atom stereocenters. The number of carbonyl (C=O) groups is 1. The number of rotatable bonds is 8. The van der Waals surface area contributed by atoms with Gasteiger partial charge in [-0.25, -0.2) is 0 Å². The summed E-state index contributed by atoms with van der Waals surface area (Å²) in [6, 6.07) is 8.02. The van der Waals surface area contributed by atoms with Crippen molar-refractivity contribution in [2.45, 2.75) is 26.5 Å². The highest BCUT2D eigenvalue weighted by Gasteiger charge is 2.04. The molecule has 0 aliphatic heterocycles. The van der Waals surface area contributed by atoms with Crippen LogP contribution in [0.3, 0.4) is 0 Å². The second-order valence-corrected chi connectivity index (χ2v) is 4.13. The molecule has 0 aromatic heterocycles. The molecule has 18 heavy (non-hydrogen) atoms. The maximum atomic E-state index is 11.4. The number of hydrogen-bond donors (Lipinski definition) is 2. The van der Waals surface area contributed by atoms with Gasteiger partial charge in [-0.05, 0) is 24.6 Å². The summed E-state index contributed by atoms with van der Waals surface area (Å²) in [5.41, 5.74) is 2.24. The Hall–Kier alpha value is -1.39. The van der Waals surface area contributed by atoms with E-state index < -0.39 is 0 Å². The summed E-state index contributed by atoms with van der Waals surface area (Å²) in [5.74, 6) is 0.00165. The minimum atomic E-state index is 0.00165. The van der Waals surface area contributed by atoms with E-state index in [1.54, 1.807) is 7.05 Å². The number of hydrogen-bond acceptors (Lipinski definition) is 3. The van der Waals surface area contributed by atoms with Gasteiger partial charge in [0.15, 0.2) is 0 Å². The highest BCUT2D eigenvalue weighted by atomic mass is 16.5. The molecule has 1 rings (SSSR count). The van der Waals surface area contributed by atoms with E-state index in [9.17, 15) is 4.79 Å². The Morgan fingerprint density at radius 3 is 2.67 bits per heavy atom. The molecule has 0 spiro atoms. The number of carbonyl (C=O) groups excluding carboxylic acids is 1. The zero-order chi connectivity index (χ0) is 13.2. The van der Waals surface area contributed by atoms with E-state index in [1.807, 2.05) is 24.3 Å². The van der Waals surface area contributed by atoms with Gasteiger partial charge in [-0.1, -0.05) is 31.2 Å². The molecule has 100 valence electrons. The summed E-state index contributed by atoms with van der Waals surface area (Å²) in [6.07, 6.45) is 1.01. The Morgan fingerprint density at radius 1 is 1.28 bits per heavy atom.